The van der Waals surface area contributed by atoms with Crippen LogP contribution in [0.2, 0.25) is 0 Å². The van der Waals surface area contributed by atoms with E-state index in [9.17, 15) is 9.59 Å². The lowest BCUT2D eigenvalue weighted by Gasteiger charge is -2.26. The molecule has 4 atom stereocenters. The molecule has 1 aliphatic rings. The summed E-state index contributed by atoms with van der Waals surface area (Å²) in [5.41, 5.74) is 5.27. The molecule has 2 N–H and O–H groups in total. The molecule has 0 bridgehead atoms. The van der Waals surface area contributed by atoms with E-state index >= 15 is 0 Å². The van der Waals surface area contributed by atoms with Crippen LogP contribution in [0, 0.1) is 25.7 Å². The predicted molar refractivity (Wildman–Crippen MR) is 130 cm³/mol. The largest absolute Gasteiger partial charge is 0.355 e. The van der Waals surface area contributed by atoms with Gasteiger partial charge >= 0.3 is 0 Å². The number of hydrogen-bond donors (Lipinski definition) is 2. The summed E-state index contributed by atoms with van der Waals surface area (Å²) in [6.45, 7) is 9.06. The highest BCUT2D eigenvalue weighted by atomic mass is 16.2. The van der Waals surface area contributed by atoms with E-state index in [1.54, 1.807) is 7.05 Å². The van der Waals surface area contributed by atoms with E-state index < -0.39 is 0 Å². The van der Waals surface area contributed by atoms with Gasteiger partial charge in [-0.05, 0) is 74.7 Å². The second-order valence-corrected chi connectivity index (χ2v) is 9.65. The number of carbonyl (C=O) groups excluding carboxylic acids is 2. The van der Waals surface area contributed by atoms with E-state index in [1.807, 2.05) is 44.4 Å². The Labute approximate surface area is 192 Å². The quantitative estimate of drug-likeness (QED) is 0.667. The molecule has 0 spiro atoms. The first-order valence-corrected chi connectivity index (χ1v) is 11.4. The zero-order chi connectivity index (χ0) is 23.6. The third kappa shape index (κ3) is 4.58. The van der Waals surface area contributed by atoms with Crippen LogP contribution in [0.15, 0.2) is 42.5 Å². The first kappa shape index (κ1) is 24.0. The van der Waals surface area contributed by atoms with Gasteiger partial charge in [-0.2, -0.15) is 0 Å². The topological polar surface area (TPSA) is 61.4 Å². The monoisotopic (exact) mass is 435 g/mol. The molecule has 1 unspecified atom stereocenters. The Morgan fingerprint density at radius 1 is 1.09 bits per heavy atom. The van der Waals surface area contributed by atoms with Crippen LogP contribution in [0.1, 0.15) is 46.5 Å². The maximum Gasteiger partial charge on any atom is 0.251 e. The average molecular weight is 436 g/mol. The van der Waals surface area contributed by atoms with Crippen LogP contribution in [-0.4, -0.2) is 50.4 Å². The lowest BCUT2D eigenvalue weighted by atomic mass is 9.93. The van der Waals surface area contributed by atoms with E-state index in [-0.39, 0.29) is 29.2 Å². The van der Waals surface area contributed by atoms with Crippen molar-refractivity contribution in [1.29, 1.82) is 0 Å². The van der Waals surface area contributed by atoms with Crippen molar-refractivity contribution in [3.63, 3.8) is 0 Å². The number of rotatable bonds is 8. The third-order valence-electron chi connectivity index (χ3n) is 7.53. The Balaban J connectivity index is 1.68. The average Bonchev–Trinajstić information content (AvgIpc) is 3.33. The molecule has 0 aromatic heterocycles. The van der Waals surface area contributed by atoms with Crippen LogP contribution in [0.5, 0.6) is 0 Å². The molecule has 2 amide bonds. The number of nitrogens with one attached hydrogen (secondary N) is 2. The highest BCUT2D eigenvalue weighted by Crippen LogP contribution is 2.59. The third-order valence-corrected chi connectivity index (χ3v) is 7.53. The van der Waals surface area contributed by atoms with Gasteiger partial charge in [0.2, 0.25) is 5.91 Å². The molecule has 5 heteroatoms. The predicted octanol–water partition coefficient (Wildman–Crippen LogP) is 3.48. The smallest absolute Gasteiger partial charge is 0.251 e. The molecule has 1 aliphatic carbocycles. The molecule has 3 rings (SSSR count). The lowest BCUT2D eigenvalue weighted by molar-refractivity contribution is -0.123. The molecule has 1 saturated carbocycles. The number of hydrogen-bond acceptors (Lipinski definition) is 3. The summed E-state index contributed by atoms with van der Waals surface area (Å²) < 4.78 is 0. The van der Waals surface area contributed by atoms with Crippen molar-refractivity contribution in [1.82, 2.24) is 15.5 Å². The Hall–Kier alpha value is -2.66. The fraction of sp³-hybridized carbons (Fsp3) is 0.481. The van der Waals surface area contributed by atoms with Crippen LogP contribution in [0.3, 0.4) is 0 Å². The van der Waals surface area contributed by atoms with Gasteiger partial charge < -0.3 is 15.5 Å². The second-order valence-electron chi connectivity index (χ2n) is 9.65. The number of benzene rings is 2. The maximum atomic E-state index is 13.1. The van der Waals surface area contributed by atoms with E-state index in [1.165, 1.54) is 11.1 Å². The Morgan fingerprint density at radius 3 is 2.22 bits per heavy atom. The van der Waals surface area contributed by atoms with Gasteiger partial charge in [0.05, 0.1) is 5.92 Å². The van der Waals surface area contributed by atoms with Gasteiger partial charge in [0, 0.05) is 30.6 Å². The summed E-state index contributed by atoms with van der Waals surface area (Å²) in [4.78, 5) is 27.3. The van der Waals surface area contributed by atoms with Crippen molar-refractivity contribution in [3.05, 3.63) is 70.3 Å². The summed E-state index contributed by atoms with van der Waals surface area (Å²) >= 11 is 0. The van der Waals surface area contributed by atoms with Gasteiger partial charge in [0.15, 0.2) is 0 Å². The summed E-state index contributed by atoms with van der Waals surface area (Å²) in [5.74, 6) is 0.394. The minimum atomic E-state index is -0.0954. The van der Waals surface area contributed by atoms with Crippen molar-refractivity contribution in [2.45, 2.75) is 45.6 Å². The Bertz CT molecular complexity index is 963. The summed E-state index contributed by atoms with van der Waals surface area (Å²) in [7, 11) is 5.75. The summed E-state index contributed by atoms with van der Waals surface area (Å²) in [5, 5.41) is 5.93. The van der Waals surface area contributed by atoms with Crippen LogP contribution in [0.25, 0.3) is 0 Å². The molecule has 0 aliphatic heterocycles. The van der Waals surface area contributed by atoms with Gasteiger partial charge in [0.25, 0.3) is 5.91 Å². The van der Waals surface area contributed by atoms with Gasteiger partial charge in [-0.15, -0.1) is 0 Å². The standard InChI is InChI=1S/C27H37N3O2/c1-17-13-20(25(31)28-5)14-18(2)23(17)15-22(30(6)7)16-29-26(32)24-19(3)27(24,4)21-11-9-8-10-12-21/h8-14,19,22,24H,15-16H2,1-7H3,(H,28,31)(H,29,32)/t19-,22-,24?,27+/m0/s1. The van der Waals surface area contributed by atoms with Crippen molar-refractivity contribution < 1.29 is 9.59 Å². The molecule has 5 nitrogen and oxygen atoms in total. The summed E-state index contributed by atoms with van der Waals surface area (Å²) in [6, 6.07) is 14.4. The first-order chi connectivity index (χ1) is 15.1. The van der Waals surface area contributed by atoms with Crippen molar-refractivity contribution >= 4 is 11.8 Å². The molecule has 0 saturated heterocycles. The van der Waals surface area contributed by atoms with Crippen molar-refractivity contribution in [2.75, 3.05) is 27.7 Å². The Morgan fingerprint density at radius 2 is 1.69 bits per heavy atom. The van der Waals surface area contributed by atoms with Crippen LogP contribution < -0.4 is 10.6 Å². The van der Waals surface area contributed by atoms with Crippen LogP contribution in [-0.2, 0) is 16.6 Å². The minimum Gasteiger partial charge on any atom is -0.355 e. The molecule has 2 aromatic rings. The SMILES string of the molecule is CNC(=O)c1cc(C)c(C[C@@H](CNC(=O)C2[C@H](C)[C@]2(C)c2ccccc2)N(C)C)c(C)c1. The summed E-state index contributed by atoms with van der Waals surface area (Å²) in [6.07, 6.45) is 0.815. The maximum absolute atomic E-state index is 13.1. The zero-order valence-electron chi connectivity index (χ0n) is 20.5. The van der Waals surface area contributed by atoms with Gasteiger partial charge in [0.1, 0.15) is 0 Å². The van der Waals surface area contributed by atoms with Crippen LogP contribution in [0.4, 0.5) is 0 Å². The highest BCUT2D eigenvalue weighted by molar-refractivity contribution is 5.94. The van der Waals surface area contributed by atoms with Crippen LogP contribution >= 0.6 is 0 Å². The zero-order valence-corrected chi connectivity index (χ0v) is 20.5. The number of aryl methyl sites for hydroxylation is 2. The first-order valence-electron chi connectivity index (χ1n) is 11.4. The molecule has 2 aromatic carbocycles. The number of carbonyl (C=O) groups is 2. The molecule has 0 radical (unpaired) electrons. The van der Waals surface area contributed by atoms with Gasteiger partial charge in [-0.1, -0.05) is 44.2 Å². The van der Waals surface area contributed by atoms with Crippen molar-refractivity contribution in [3.8, 4) is 0 Å². The Kier molecular flexibility index (Phi) is 7.09. The van der Waals surface area contributed by atoms with E-state index in [0.29, 0.717) is 18.0 Å². The van der Waals surface area contributed by atoms with Gasteiger partial charge in [-0.3, -0.25) is 9.59 Å². The molecular weight excluding hydrogens is 398 g/mol. The fourth-order valence-electron chi connectivity index (χ4n) is 5.06. The van der Waals surface area contributed by atoms with E-state index in [2.05, 4.69) is 55.4 Å². The molecule has 0 heterocycles. The van der Waals surface area contributed by atoms with E-state index in [0.717, 1.165) is 17.5 Å². The molecular formula is C27H37N3O2. The second kappa shape index (κ2) is 9.45. The molecule has 32 heavy (non-hydrogen) atoms. The lowest BCUT2D eigenvalue weighted by Crippen LogP contribution is -2.42. The molecule has 172 valence electrons. The fourth-order valence-corrected chi connectivity index (χ4v) is 5.06. The van der Waals surface area contributed by atoms with E-state index in [4.69, 9.17) is 0 Å². The highest BCUT2D eigenvalue weighted by Gasteiger charge is 2.62. The molecule has 1 fully saturated rings. The van der Waals surface area contributed by atoms with Crippen molar-refractivity contribution in [2.24, 2.45) is 11.8 Å². The number of amides is 2. The number of likely N-dealkylation sites (N-methyl/N-ethyl adjacent to an activating group) is 1. The number of nitrogens with zero attached hydrogens (tertiary/aromatic N) is 1. The minimum absolute atomic E-state index is 0.00280. The normalized spacial score (nSPS) is 23.0. The van der Waals surface area contributed by atoms with Gasteiger partial charge in [-0.25, -0.2) is 0 Å².